The molecule has 4 aliphatic carbocycles. The Labute approximate surface area is 511 Å². The molecule has 0 aromatic heterocycles. The molecule has 0 bridgehead atoms. The van der Waals surface area contributed by atoms with Crippen molar-refractivity contribution in [3.8, 4) is 0 Å². The number of allylic oxidation sites excluding steroid dienone is 4. The number of ketones is 1. The number of nitrogens with one attached hydrogen (secondary N) is 2. The number of fused-ring (bicyclic) bond motifs is 5. The zero-order chi connectivity index (χ0) is 64.0. The number of carbonyl (C=O) groups is 4. The average molecular weight is 1220 g/mol. The first-order valence-corrected chi connectivity index (χ1v) is 32.2. The number of aliphatic hydroxyl groups excluding tert-OH is 3. The summed E-state index contributed by atoms with van der Waals surface area (Å²) in [4.78, 5) is 59.3. The van der Waals surface area contributed by atoms with E-state index in [0.717, 1.165) is 5.57 Å². The van der Waals surface area contributed by atoms with Crippen molar-refractivity contribution in [2.75, 3.05) is 47.4 Å². The lowest BCUT2D eigenvalue weighted by Gasteiger charge is -2.61. The average Bonchev–Trinajstić information content (AvgIpc) is 1.25. The maximum absolute atomic E-state index is 17.7. The summed E-state index contributed by atoms with van der Waals surface area (Å²) in [6.07, 6.45) is -4.10. The molecule has 21 heteroatoms. The molecule has 2 amide bonds. The predicted molar refractivity (Wildman–Crippen MR) is 320 cm³/mol. The molecule has 7 aliphatic rings. The van der Waals surface area contributed by atoms with Gasteiger partial charge in [-0.05, 0) is 169 Å². The fourth-order valence-electron chi connectivity index (χ4n) is 17.2. The number of nitrogens with zero attached hydrogens (tertiary/aromatic N) is 2. The van der Waals surface area contributed by atoms with Gasteiger partial charge in [-0.25, -0.2) is 9.18 Å². The van der Waals surface area contributed by atoms with Gasteiger partial charge in [0.1, 0.15) is 23.9 Å². The number of ether oxygens (including phenoxy) is 7. The maximum atomic E-state index is 17.7. The second-order valence-electron chi connectivity index (χ2n) is 28.6. The molecule has 26 atom stereocenters. The number of likely N-dealkylation sites (N-methyl/N-ethyl adjacent to an activating group) is 2. The van der Waals surface area contributed by atoms with E-state index in [1.807, 2.05) is 65.4 Å². The molecule has 3 saturated carbocycles. The third-order valence-corrected chi connectivity index (χ3v) is 22.2. The number of methoxy groups -OCH3 is 1. The molecule has 3 heterocycles. The first kappa shape index (κ1) is 70.3. The second kappa shape index (κ2) is 27.3. The largest absolute Gasteiger partial charge is 0.459 e. The Hall–Kier alpha value is -3.19. The highest BCUT2D eigenvalue weighted by molar-refractivity contribution is 6.01. The van der Waals surface area contributed by atoms with Crippen LogP contribution in [-0.2, 0) is 47.5 Å². The van der Waals surface area contributed by atoms with Crippen LogP contribution < -0.4 is 10.6 Å². The first-order chi connectivity index (χ1) is 40.1. The number of alkyl halides is 1. The van der Waals surface area contributed by atoms with E-state index in [4.69, 9.17) is 33.2 Å². The zero-order valence-corrected chi connectivity index (χ0v) is 54.7. The van der Waals surface area contributed by atoms with Crippen molar-refractivity contribution < 1.29 is 82.3 Å². The number of cyclic esters (lactones) is 1. The van der Waals surface area contributed by atoms with Crippen LogP contribution in [0.1, 0.15) is 161 Å². The highest BCUT2D eigenvalue weighted by atomic mass is 19.1. The van der Waals surface area contributed by atoms with Crippen molar-refractivity contribution in [2.24, 2.45) is 52.3 Å². The maximum Gasteiger partial charge on any atom is 0.407 e. The molecule has 492 valence electrons. The summed E-state index contributed by atoms with van der Waals surface area (Å²) in [6, 6.07) is -1.01. The number of unbranched alkanes of at least 4 members (excludes halogenated alkanes) is 1. The highest BCUT2D eigenvalue weighted by Crippen LogP contribution is 2.70. The Morgan fingerprint density at radius 1 is 0.884 bits per heavy atom. The monoisotopic (exact) mass is 1220 g/mol. The Morgan fingerprint density at radius 3 is 2.19 bits per heavy atom. The summed E-state index contributed by atoms with van der Waals surface area (Å²) >= 11 is 0. The molecule has 7 N–H and O–H groups in total. The topological polar surface area (TPSA) is 265 Å². The summed E-state index contributed by atoms with van der Waals surface area (Å²) < 4.78 is 62.4. The molecule has 6 fully saturated rings. The van der Waals surface area contributed by atoms with Crippen molar-refractivity contribution in [1.29, 1.82) is 0 Å². The van der Waals surface area contributed by atoms with Crippen LogP contribution in [0.25, 0.3) is 0 Å². The minimum atomic E-state index is -1.98. The van der Waals surface area contributed by atoms with Crippen molar-refractivity contribution in [2.45, 2.75) is 263 Å². The summed E-state index contributed by atoms with van der Waals surface area (Å²) in [6.45, 7) is 26.8. The lowest BCUT2D eigenvalue weighted by atomic mass is 9.45. The number of alkyl carbamates (subject to hydrolysis) is 1. The summed E-state index contributed by atoms with van der Waals surface area (Å²) in [7, 11) is 5.25. The molecule has 86 heavy (non-hydrogen) atoms. The van der Waals surface area contributed by atoms with Gasteiger partial charge in [0, 0.05) is 68.4 Å². The van der Waals surface area contributed by atoms with E-state index in [1.165, 1.54) is 26.2 Å². The van der Waals surface area contributed by atoms with Gasteiger partial charge < -0.3 is 74.2 Å². The van der Waals surface area contributed by atoms with Gasteiger partial charge >= 0.3 is 12.1 Å². The van der Waals surface area contributed by atoms with Gasteiger partial charge in [-0.1, -0.05) is 53.2 Å². The number of hydrogen-bond donors (Lipinski definition) is 7. The SMILES string of the molecule is CC[C@H]1OC(=O)[C@H](C)[C@@H](OC2C[C@@](C)(OC)[C@@H](O)[C@H](C)O2)[C@H](C)[C@@H](OC2O[C@H](C)C[C@H](N(C)CC)[C@H]2O)[C@](C)(O)C[C@@H](C)CN(C)[C@H](C)C(OC(=O)NCCCCNC(=O)[C@H]2[C@H](C)CC3C4CCC5=CC(=O)C=C[C@]5(C)[C@@]4(F)[C@@H](O)C[C@@]32C)[C@]1(C)O. The number of halogens is 1. The molecule has 0 spiro atoms. The summed E-state index contributed by atoms with van der Waals surface area (Å²) in [5, 5.41) is 66.5. The van der Waals surface area contributed by atoms with Crippen LogP contribution in [0, 0.1) is 52.3 Å². The van der Waals surface area contributed by atoms with E-state index < -0.39 is 136 Å². The molecule has 0 radical (unpaired) electrons. The Bertz CT molecular complexity index is 2430. The van der Waals surface area contributed by atoms with Gasteiger partial charge in [0.15, 0.2) is 30.1 Å². The Balaban J connectivity index is 1.05. The van der Waals surface area contributed by atoms with Crippen LogP contribution in [0.4, 0.5) is 9.18 Å². The van der Waals surface area contributed by atoms with Gasteiger partial charge in [-0.15, -0.1) is 0 Å². The molecule has 0 aromatic rings. The van der Waals surface area contributed by atoms with Crippen molar-refractivity contribution in [3.05, 3.63) is 23.8 Å². The fraction of sp³-hybridized carbons (Fsp3) is 0.877. The summed E-state index contributed by atoms with van der Waals surface area (Å²) in [5.74, 6) is -4.47. The third kappa shape index (κ3) is 13.7. The van der Waals surface area contributed by atoms with E-state index in [0.29, 0.717) is 58.2 Å². The van der Waals surface area contributed by atoms with Crippen LogP contribution in [0.15, 0.2) is 23.8 Å². The smallest absolute Gasteiger partial charge is 0.407 e. The highest BCUT2D eigenvalue weighted by Gasteiger charge is 2.72. The van der Waals surface area contributed by atoms with E-state index in [1.54, 1.807) is 54.5 Å². The number of esters is 1. The quantitative estimate of drug-likeness (QED) is 0.0716. The van der Waals surface area contributed by atoms with Crippen molar-refractivity contribution in [1.82, 2.24) is 20.4 Å². The van der Waals surface area contributed by atoms with Crippen LogP contribution in [-0.4, -0.2) is 209 Å². The van der Waals surface area contributed by atoms with Gasteiger partial charge in [-0.2, -0.15) is 0 Å². The normalized spacial score (nSPS) is 47.1. The van der Waals surface area contributed by atoms with E-state index in [2.05, 4.69) is 10.6 Å². The lowest BCUT2D eigenvalue weighted by Crippen LogP contribution is -2.67. The van der Waals surface area contributed by atoms with Crippen LogP contribution in [0.2, 0.25) is 0 Å². The molecule has 7 rings (SSSR count). The number of hydrogen-bond acceptors (Lipinski definition) is 18. The van der Waals surface area contributed by atoms with Gasteiger partial charge in [0.05, 0.1) is 47.6 Å². The second-order valence-corrected chi connectivity index (χ2v) is 28.6. The van der Waals surface area contributed by atoms with E-state index in [9.17, 15) is 44.7 Å². The zero-order valence-electron chi connectivity index (χ0n) is 54.7. The lowest BCUT2D eigenvalue weighted by molar-refractivity contribution is -0.318. The Kier molecular flexibility index (Phi) is 22.3. The van der Waals surface area contributed by atoms with Gasteiger partial charge in [-0.3, -0.25) is 19.3 Å². The number of aliphatic hydroxyl groups is 5. The van der Waals surface area contributed by atoms with Crippen LogP contribution in [0.3, 0.4) is 0 Å². The fourth-order valence-corrected chi connectivity index (χ4v) is 17.2. The van der Waals surface area contributed by atoms with Gasteiger partial charge in [0.25, 0.3) is 0 Å². The Morgan fingerprint density at radius 2 is 1.55 bits per heavy atom. The minimum absolute atomic E-state index is 0.0607. The van der Waals surface area contributed by atoms with Crippen molar-refractivity contribution >= 4 is 23.8 Å². The summed E-state index contributed by atoms with van der Waals surface area (Å²) in [5.41, 5.74) is -7.77. The van der Waals surface area contributed by atoms with Crippen molar-refractivity contribution in [3.63, 3.8) is 0 Å². The predicted octanol–water partition coefficient (Wildman–Crippen LogP) is 6.15. The molecule has 0 aromatic carbocycles. The minimum Gasteiger partial charge on any atom is -0.459 e. The number of amides is 2. The van der Waals surface area contributed by atoms with E-state index in [-0.39, 0.29) is 73.8 Å². The standard InChI is InChI=1S/C65H109FN4O16/c1-18-48-64(14,79)55(86-59(77)68-27-21-20-26-67-56(75)50-36(4)28-45-44-23-22-42-30-43(71)24-25-61(42,11)65(44,66)47(72)32-60(45,50)10)40(8)70(16)34-35(3)31-62(12,78)54(85-58-51(73)46(69(15)19-2)29-37(5)81-58)38(6)52(39(7)57(76)83-48)84-49-33-63(13,80-17)53(74)41(9)82-49/h24-25,30,35-41,44-55,58,72-74,78-79H,18-23,26-29,31-34H2,1-17H3,(H,67,75)(H,68,77)/t35-,36-,37-,38+,39-,40-,41+,44?,45?,46+,47+,48-,49?,50-,51-,52+,53+,54-,55?,58?,60+,61+,62-,63-,64-,65+/m1/s1. The molecule has 5 unspecified atom stereocenters. The van der Waals surface area contributed by atoms with Crippen LogP contribution in [0.5, 0.6) is 0 Å². The number of carbonyl (C=O) groups excluding carboxylic acids is 4. The molecule has 3 aliphatic heterocycles. The van der Waals surface area contributed by atoms with E-state index >= 15 is 4.39 Å². The first-order valence-electron chi connectivity index (χ1n) is 32.2. The van der Waals surface area contributed by atoms with Gasteiger partial charge in [0.2, 0.25) is 5.91 Å². The molecular formula is C65H109FN4O16. The molecule has 20 nitrogen and oxygen atoms in total. The molecular weight excluding hydrogens is 1110 g/mol. The molecule has 3 saturated heterocycles. The van der Waals surface area contributed by atoms with Crippen LogP contribution >= 0.6 is 0 Å². The number of rotatable bonds is 15. The third-order valence-electron chi connectivity index (χ3n) is 22.2.